The Balaban J connectivity index is 2.86. The molecule has 19 heavy (non-hydrogen) atoms. The van der Waals surface area contributed by atoms with E-state index in [-0.39, 0.29) is 22.3 Å². The van der Waals surface area contributed by atoms with Crippen LogP contribution >= 0.6 is 0 Å². The van der Waals surface area contributed by atoms with Crippen LogP contribution in [0.2, 0.25) is 0 Å². The van der Waals surface area contributed by atoms with Gasteiger partial charge in [0.05, 0.1) is 15.8 Å². The fraction of sp³-hybridized carbons (Fsp3) is 0.273. The third-order valence-electron chi connectivity index (χ3n) is 2.70. The molecule has 0 radical (unpaired) electrons. The van der Waals surface area contributed by atoms with Gasteiger partial charge in [0.25, 0.3) is 15.7 Å². The smallest absolute Gasteiger partial charge is 0.307 e. The molecule has 0 saturated heterocycles. The lowest BCUT2D eigenvalue weighted by Gasteiger charge is -2.05. The van der Waals surface area contributed by atoms with Crippen LogP contribution in [0.25, 0.3) is 10.9 Å². The van der Waals surface area contributed by atoms with Crippen LogP contribution < -0.4 is 11.2 Å². The Morgan fingerprint density at radius 2 is 2.00 bits per heavy atom. The van der Waals surface area contributed by atoms with Crippen molar-refractivity contribution in [1.82, 2.24) is 9.55 Å². The van der Waals surface area contributed by atoms with Crippen molar-refractivity contribution in [3.05, 3.63) is 39.0 Å². The van der Waals surface area contributed by atoms with Crippen molar-refractivity contribution in [2.45, 2.75) is 24.8 Å². The Labute approximate surface area is 108 Å². The monoisotopic (exact) mass is 284 g/mol. The van der Waals surface area contributed by atoms with E-state index in [0.717, 1.165) is 16.7 Å². The molecule has 7 nitrogen and oxygen atoms in total. The molecule has 2 rings (SSSR count). The molecule has 0 unspecified atom stereocenters. The summed E-state index contributed by atoms with van der Waals surface area (Å²) in [4.78, 5) is 25.9. The third kappa shape index (κ3) is 2.45. The van der Waals surface area contributed by atoms with Gasteiger partial charge >= 0.3 is 5.69 Å². The van der Waals surface area contributed by atoms with E-state index < -0.39 is 21.4 Å². The highest BCUT2D eigenvalue weighted by Crippen LogP contribution is 2.13. The highest BCUT2D eigenvalue weighted by atomic mass is 32.2. The van der Waals surface area contributed by atoms with Gasteiger partial charge in [-0.2, -0.15) is 8.42 Å². The van der Waals surface area contributed by atoms with Crippen LogP contribution in [0.15, 0.2) is 32.7 Å². The second kappa shape index (κ2) is 4.63. The molecule has 102 valence electrons. The first-order chi connectivity index (χ1) is 8.84. The summed E-state index contributed by atoms with van der Waals surface area (Å²) >= 11 is 0. The summed E-state index contributed by atoms with van der Waals surface area (Å²) in [6.45, 7) is 2.05. The molecule has 0 amide bonds. The van der Waals surface area contributed by atoms with Crippen LogP contribution in [-0.2, 0) is 16.7 Å². The van der Waals surface area contributed by atoms with Crippen molar-refractivity contribution in [3.8, 4) is 0 Å². The van der Waals surface area contributed by atoms with E-state index in [1.54, 1.807) is 0 Å². The number of aromatic amines is 1. The van der Waals surface area contributed by atoms with Gasteiger partial charge in [0.1, 0.15) is 0 Å². The van der Waals surface area contributed by atoms with Gasteiger partial charge in [0.2, 0.25) is 0 Å². The predicted octanol–water partition coefficient (Wildman–Crippen LogP) is 0.347. The molecule has 1 heterocycles. The van der Waals surface area contributed by atoms with Crippen molar-refractivity contribution >= 4 is 21.0 Å². The Hall–Kier alpha value is -1.93. The lowest BCUT2D eigenvalue weighted by atomic mass is 10.2. The van der Waals surface area contributed by atoms with E-state index in [9.17, 15) is 18.0 Å². The molecule has 0 atom stereocenters. The first-order valence-corrected chi connectivity index (χ1v) is 7.03. The number of aromatic nitrogens is 2. The predicted molar refractivity (Wildman–Crippen MR) is 68.9 cm³/mol. The van der Waals surface area contributed by atoms with Crippen molar-refractivity contribution in [2.75, 3.05) is 0 Å². The minimum Gasteiger partial charge on any atom is -0.307 e. The van der Waals surface area contributed by atoms with E-state index in [1.807, 2.05) is 6.92 Å². The van der Waals surface area contributed by atoms with Gasteiger partial charge in [-0.3, -0.25) is 13.9 Å². The molecule has 0 fully saturated rings. The molecule has 0 saturated carbocycles. The van der Waals surface area contributed by atoms with E-state index in [4.69, 9.17) is 4.55 Å². The molecule has 0 bridgehead atoms. The molecular weight excluding hydrogens is 272 g/mol. The van der Waals surface area contributed by atoms with Gasteiger partial charge in [-0.1, -0.05) is 6.92 Å². The Morgan fingerprint density at radius 3 is 2.58 bits per heavy atom. The second-order valence-corrected chi connectivity index (χ2v) is 5.49. The zero-order valence-corrected chi connectivity index (χ0v) is 10.9. The van der Waals surface area contributed by atoms with Gasteiger partial charge in [0.15, 0.2) is 0 Å². The van der Waals surface area contributed by atoms with Crippen LogP contribution in [0.1, 0.15) is 13.3 Å². The maximum atomic E-state index is 12.1. The van der Waals surface area contributed by atoms with Gasteiger partial charge in [-0.15, -0.1) is 0 Å². The summed E-state index contributed by atoms with van der Waals surface area (Å²) in [5.74, 6) is 0. The number of H-pyrrole nitrogens is 1. The molecular formula is C11H12N2O5S. The fourth-order valence-electron chi connectivity index (χ4n) is 1.82. The zero-order chi connectivity index (χ0) is 14.2. The lowest BCUT2D eigenvalue weighted by Crippen LogP contribution is -2.35. The first-order valence-electron chi connectivity index (χ1n) is 5.59. The van der Waals surface area contributed by atoms with Crippen LogP contribution in [0.4, 0.5) is 0 Å². The van der Waals surface area contributed by atoms with E-state index in [0.29, 0.717) is 6.42 Å². The quantitative estimate of drug-likeness (QED) is 0.790. The van der Waals surface area contributed by atoms with Gasteiger partial charge in [0, 0.05) is 6.54 Å². The summed E-state index contributed by atoms with van der Waals surface area (Å²) in [5.41, 5.74) is -0.889. The number of fused-ring (bicyclic) bond motifs is 1. The molecule has 0 aliphatic rings. The minimum atomic E-state index is -4.39. The third-order valence-corrected chi connectivity index (χ3v) is 3.55. The fourth-order valence-corrected chi connectivity index (χ4v) is 2.32. The van der Waals surface area contributed by atoms with Gasteiger partial charge in [-0.05, 0) is 24.6 Å². The molecule has 1 aromatic heterocycles. The number of hydrogen-bond acceptors (Lipinski definition) is 4. The van der Waals surface area contributed by atoms with Crippen LogP contribution in [0, 0.1) is 0 Å². The van der Waals surface area contributed by atoms with Crippen molar-refractivity contribution in [1.29, 1.82) is 0 Å². The minimum absolute atomic E-state index is 0.0446. The average molecular weight is 284 g/mol. The maximum absolute atomic E-state index is 12.1. The van der Waals surface area contributed by atoms with Gasteiger partial charge in [-0.25, -0.2) is 4.79 Å². The Kier molecular flexibility index (Phi) is 3.29. The molecule has 2 N–H and O–H groups in total. The number of nitrogens with one attached hydrogen (secondary N) is 1. The molecule has 1 aromatic carbocycles. The largest absolute Gasteiger partial charge is 0.328 e. The molecule has 8 heteroatoms. The molecule has 0 aliphatic heterocycles. The first kappa shape index (κ1) is 13.5. The summed E-state index contributed by atoms with van der Waals surface area (Å²) in [5, 5.41) is 0.0446. The van der Waals surface area contributed by atoms with E-state index in [1.165, 1.54) is 6.07 Å². The van der Waals surface area contributed by atoms with E-state index >= 15 is 0 Å². The second-order valence-electron chi connectivity index (χ2n) is 4.07. The topological polar surface area (TPSA) is 109 Å². The molecule has 0 spiro atoms. The number of benzene rings is 1. The number of rotatable bonds is 3. The average Bonchev–Trinajstić information content (AvgIpc) is 2.33. The van der Waals surface area contributed by atoms with Crippen molar-refractivity contribution < 1.29 is 13.0 Å². The maximum Gasteiger partial charge on any atom is 0.328 e. The van der Waals surface area contributed by atoms with Crippen LogP contribution in [0.3, 0.4) is 0 Å². The zero-order valence-electron chi connectivity index (χ0n) is 10.1. The van der Waals surface area contributed by atoms with Crippen molar-refractivity contribution in [2.24, 2.45) is 0 Å². The SMILES string of the molecule is CCCn1c(=O)[nH]c2ccc(S(=O)(=O)O)cc2c1=O. The van der Waals surface area contributed by atoms with E-state index in [2.05, 4.69) is 4.98 Å². The van der Waals surface area contributed by atoms with Crippen LogP contribution in [-0.4, -0.2) is 22.5 Å². The summed E-state index contributed by atoms with van der Waals surface area (Å²) in [7, 11) is -4.39. The van der Waals surface area contributed by atoms with Crippen molar-refractivity contribution in [3.63, 3.8) is 0 Å². The molecule has 2 aromatic rings. The number of nitrogens with zero attached hydrogens (tertiary/aromatic N) is 1. The highest BCUT2D eigenvalue weighted by Gasteiger charge is 2.13. The Bertz CT molecular complexity index is 847. The summed E-state index contributed by atoms with van der Waals surface area (Å²) in [6.07, 6.45) is 0.590. The lowest BCUT2D eigenvalue weighted by molar-refractivity contribution is 0.483. The highest BCUT2D eigenvalue weighted by molar-refractivity contribution is 7.85. The normalized spacial score (nSPS) is 11.9. The Morgan fingerprint density at radius 1 is 1.32 bits per heavy atom. The summed E-state index contributed by atoms with van der Waals surface area (Å²) < 4.78 is 32.0. The molecule has 0 aliphatic carbocycles. The summed E-state index contributed by atoms with van der Waals surface area (Å²) in [6, 6.07) is 3.45. The standard InChI is InChI=1S/C11H12N2O5S/c1-2-5-13-10(14)8-6-7(19(16,17)18)3-4-9(8)12-11(13)15/h3-4,6H,2,5H2,1H3,(H,12,15)(H,16,17,18). The number of hydrogen-bond donors (Lipinski definition) is 2. The van der Waals surface area contributed by atoms with Crippen LogP contribution in [0.5, 0.6) is 0 Å². The van der Waals surface area contributed by atoms with Gasteiger partial charge < -0.3 is 4.98 Å².